The van der Waals surface area contributed by atoms with Crippen molar-refractivity contribution >= 4 is 0 Å². The second-order valence-electron chi connectivity index (χ2n) is 5.11. The summed E-state index contributed by atoms with van der Waals surface area (Å²) in [6, 6.07) is 10.7. The summed E-state index contributed by atoms with van der Waals surface area (Å²) in [6.07, 6.45) is 1.20. The van der Waals surface area contributed by atoms with Crippen molar-refractivity contribution < 1.29 is 0 Å². The number of nitrogens with one attached hydrogen (secondary N) is 2. The third-order valence-electron chi connectivity index (χ3n) is 3.62. The summed E-state index contributed by atoms with van der Waals surface area (Å²) in [6.45, 7) is 3.04. The summed E-state index contributed by atoms with van der Waals surface area (Å²) in [4.78, 5) is 2.35. The van der Waals surface area contributed by atoms with Gasteiger partial charge >= 0.3 is 0 Å². The standard InChI is InChI=1S/C14H19N5/c1-19-8-7-12(10-19)15-9-13-14(17-18-16-13)11-5-3-2-4-6-11/h2-6,12,15H,7-10H2,1H3,(H,16,17,18). The molecule has 1 unspecified atom stereocenters. The SMILES string of the molecule is CN1CCC(NCc2n[nH]nc2-c2ccccc2)C1. The maximum absolute atomic E-state index is 4.26. The van der Waals surface area contributed by atoms with Crippen molar-refractivity contribution in [2.24, 2.45) is 0 Å². The van der Waals surface area contributed by atoms with Gasteiger partial charge in [-0.3, -0.25) is 0 Å². The third kappa shape index (κ3) is 2.83. The van der Waals surface area contributed by atoms with E-state index in [9.17, 15) is 0 Å². The summed E-state index contributed by atoms with van der Waals surface area (Å²) < 4.78 is 0. The molecule has 1 aliphatic rings. The van der Waals surface area contributed by atoms with E-state index in [1.165, 1.54) is 13.0 Å². The molecule has 0 aliphatic carbocycles. The summed E-state index contributed by atoms with van der Waals surface area (Å²) in [5, 5.41) is 14.8. The number of hydrogen-bond acceptors (Lipinski definition) is 4. The van der Waals surface area contributed by atoms with Crippen LogP contribution in [0.1, 0.15) is 12.1 Å². The van der Waals surface area contributed by atoms with Gasteiger partial charge in [-0.1, -0.05) is 30.3 Å². The lowest BCUT2D eigenvalue weighted by Gasteiger charge is -2.11. The van der Waals surface area contributed by atoms with Gasteiger partial charge in [-0.25, -0.2) is 0 Å². The van der Waals surface area contributed by atoms with Crippen LogP contribution < -0.4 is 5.32 Å². The van der Waals surface area contributed by atoms with Gasteiger partial charge in [-0.2, -0.15) is 15.4 Å². The van der Waals surface area contributed by atoms with Gasteiger partial charge in [0.15, 0.2) is 0 Å². The Balaban J connectivity index is 1.67. The Morgan fingerprint density at radius 2 is 2.16 bits per heavy atom. The first-order valence-corrected chi connectivity index (χ1v) is 6.70. The Morgan fingerprint density at radius 3 is 2.89 bits per heavy atom. The topological polar surface area (TPSA) is 56.8 Å². The highest BCUT2D eigenvalue weighted by Crippen LogP contribution is 2.19. The third-order valence-corrected chi connectivity index (χ3v) is 3.62. The molecule has 1 saturated heterocycles. The van der Waals surface area contributed by atoms with Crippen molar-refractivity contribution in [2.45, 2.75) is 19.0 Å². The number of aromatic nitrogens is 3. The fourth-order valence-electron chi connectivity index (χ4n) is 2.55. The molecule has 0 spiro atoms. The molecular formula is C14H19N5. The number of H-pyrrole nitrogens is 1. The van der Waals surface area contributed by atoms with Gasteiger partial charge in [0.05, 0.1) is 0 Å². The number of hydrogen-bond donors (Lipinski definition) is 2. The molecule has 1 aliphatic heterocycles. The maximum atomic E-state index is 4.26. The van der Waals surface area contributed by atoms with E-state index in [1.54, 1.807) is 0 Å². The van der Waals surface area contributed by atoms with Crippen molar-refractivity contribution in [1.29, 1.82) is 0 Å². The number of nitrogens with zero attached hydrogens (tertiary/aromatic N) is 3. The molecule has 3 rings (SSSR count). The molecule has 1 fully saturated rings. The summed E-state index contributed by atoms with van der Waals surface area (Å²) in [7, 11) is 2.16. The first kappa shape index (κ1) is 12.3. The van der Waals surface area contributed by atoms with Crippen LogP contribution in [0.3, 0.4) is 0 Å². The van der Waals surface area contributed by atoms with Crippen LogP contribution in [0.15, 0.2) is 30.3 Å². The zero-order chi connectivity index (χ0) is 13.1. The lowest BCUT2D eigenvalue weighted by Crippen LogP contribution is -2.31. The van der Waals surface area contributed by atoms with Gasteiger partial charge in [0.2, 0.25) is 0 Å². The second kappa shape index (κ2) is 5.50. The lowest BCUT2D eigenvalue weighted by molar-refractivity contribution is 0.397. The van der Waals surface area contributed by atoms with E-state index in [2.05, 4.69) is 44.8 Å². The van der Waals surface area contributed by atoms with Gasteiger partial charge in [-0.15, -0.1) is 0 Å². The minimum absolute atomic E-state index is 0.560. The van der Waals surface area contributed by atoms with Crippen LogP contribution in [0.4, 0.5) is 0 Å². The molecule has 1 atom stereocenters. The minimum atomic E-state index is 0.560. The average Bonchev–Trinajstić information content (AvgIpc) is 3.06. The van der Waals surface area contributed by atoms with E-state index in [-0.39, 0.29) is 0 Å². The largest absolute Gasteiger partial charge is 0.307 e. The van der Waals surface area contributed by atoms with Gasteiger partial charge in [0, 0.05) is 24.7 Å². The highest BCUT2D eigenvalue weighted by Gasteiger charge is 2.19. The van der Waals surface area contributed by atoms with Gasteiger partial charge in [0.1, 0.15) is 11.4 Å². The molecule has 1 aromatic heterocycles. The fraction of sp³-hybridized carbons (Fsp3) is 0.429. The lowest BCUT2D eigenvalue weighted by atomic mass is 10.1. The van der Waals surface area contributed by atoms with Gasteiger partial charge in [-0.05, 0) is 20.0 Å². The van der Waals surface area contributed by atoms with E-state index in [1.807, 2.05) is 18.2 Å². The molecule has 5 heteroatoms. The molecule has 1 aromatic carbocycles. The number of rotatable bonds is 4. The maximum Gasteiger partial charge on any atom is 0.117 e. The summed E-state index contributed by atoms with van der Waals surface area (Å²) >= 11 is 0. The molecule has 0 amide bonds. The highest BCUT2D eigenvalue weighted by molar-refractivity contribution is 5.60. The molecule has 2 N–H and O–H groups in total. The monoisotopic (exact) mass is 257 g/mol. The Morgan fingerprint density at radius 1 is 1.32 bits per heavy atom. The van der Waals surface area contributed by atoms with Crippen molar-refractivity contribution in [1.82, 2.24) is 25.6 Å². The molecule has 0 bridgehead atoms. The van der Waals surface area contributed by atoms with Crippen LogP contribution >= 0.6 is 0 Å². The minimum Gasteiger partial charge on any atom is -0.307 e. The number of benzene rings is 1. The number of likely N-dealkylation sites (N-methyl/N-ethyl adjacent to an activating group) is 1. The Hall–Kier alpha value is -1.72. The predicted molar refractivity (Wildman–Crippen MR) is 74.6 cm³/mol. The van der Waals surface area contributed by atoms with E-state index in [4.69, 9.17) is 0 Å². The zero-order valence-electron chi connectivity index (χ0n) is 11.1. The van der Waals surface area contributed by atoms with E-state index >= 15 is 0 Å². The zero-order valence-corrected chi connectivity index (χ0v) is 11.1. The van der Waals surface area contributed by atoms with Gasteiger partial charge in [0.25, 0.3) is 0 Å². The van der Waals surface area contributed by atoms with Crippen LogP contribution in [0.5, 0.6) is 0 Å². The molecule has 0 radical (unpaired) electrons. The van der Waals surface area contributed by atoms with Crippen molar-refractivity contribution in [2.75, 3.05) is 20.1 Å². The van der Waals surface area contributed by atoms with Crippen LogP contribution in [0, 0.1) is 0 Å². The van der Waals surface area contributed by atoms with Crippen LogP contribution in [-0.2, 0) is 6.54 Å². The Bertz CT molecular complexity index is 522. The Kier molecular flexibility index (Phi) is 3.57. The van der Waals surface area contributed by atoms with Gasteiger partial charge < -0.3 is 10.2 Å². The van der Waals surface area contributed by atoms with E-state index < -0.39 is 0 Å². The molecule has 5 nitrogen and oxygen atoms in total. The molecule has 100 valence electrons. The number of likely N-dealkylation sites (tertiary alicyclic amines) is 1. The Labute approximate surface area is 113 Å². The molecule has 2 heterocycles. The fourth-order valence-corrected chi connectivity index (χ4v) is 2.55. The van der Waals surface area contributed by atoms with Crippen LogP contribution in [0.2, 0.25) is 0 Å². The van der Waals surface area contributed by atoms with Crippen molar-refractivity contribution in [3.8, 4) is 11.3 Å². The quantitative estimate of drug-likeness (QED) is 0.866. The molecular weight excluding hydrogens is 238 g/mol. The molecule has 0 saturated carbocycles. The smallest absolute Gasteiger partial charge is 0.117 e. The van der Waals surface area contributed by atoms with Crippen LogP contribution in [-0.4, -0.2) is 46.5 Å². The first-order chi connectivity index (χ1) is 9.33. The molecule has 2 aromatic rings. The van der Waals surface area contributed by atoms with Crippen LogP contribution in [0.25, 0.3) is 11.3 Å². The first-order valence-electron chi connectivity index (χ1n) is 6.70. The highest BCUT2D eigenvalue weighted by atomic mass is 15.3. The second-order valence-corrected chi connectivity index (χ2v) is 5.11. The summed E-state index contributed by atoms with van der Waals surface area (Å²) in [5.41, 5.74) is 3.04. The molecule has 19 heavy (non-hydrogen) atoms. The van der Waals surface area contributed by atoms with Crippen molar-refractivity contribution in [3.05, 3.63) is 36.0 Å². The van der Waals surface area contributed by atoms with E-state index in [0.29, 0.717) is 6.04 Å². The van der Waals surface area contributed by atoms with Crippen molar-refractivity contribution in [3.63, 3.8) is 0 Å². The average molecular weight is 257 g/mol. The summed E-state index contributed by atoms with van der Waals surface area (Å²) in [5.74, 6) is 0. The van der Waals surface area contributed by atoms with E-state index in [0.717, 1.165) is 30.0 Å². The normalized spacial score (nSPS) is 19.9. The number of aromatic amines is 1. The predicted octanol–water partition coefficient (Wildman–Crippen LogP) is 1.27.